The van der Waals surface area contributed by atoms with Gasteiger partial charge in [0.05, 0.1) is 6.54 Å². The number of hydrogen-bond donors (Lipinski definition) is 1. The van der Waals surface area contributed by atoms with Gasteiger partial charge in [0.15, 0.2) is 5.82 Å². The second kappa shape index (κ2) is 6.49. The molecule has 1 aromatic rings. The molecule has 1 aromatic heterocycles. The molecule has 0 bridgehead atoms. The smallest absolute Gasteiger partial charge is 0.323 e. The third-order valence-corrected chi connectivity index (χ3v) is 2.55. The molecule has 0 spiro atoms. The zero-order valence-corrected chi connectivity index (χ0v) is 11.5. The number of amides is 2. The Labute approximate surface area is 110 Å². The summed E-state index contributed by atoms with van der Waals surface area (Å²) in [6.07, 6.45) is -2.57. The van der Waals surface area contributed by atoms with Crippen molar-refractivity contribution in [1.29, 1.82) is 0 Å². The molecule has 0 radical (unpaired) electrons. The van der Waals surface area contributed by atoms with Crippen molar-refractivity contribution in [3.8, 4) is 0 Å². The van der Waals surface area contributed by atoms with E-state index in [1.54, 1.807) is 19.9 Å². The van der Waals surface area contributed by atoms with Crippen LogP contribution in [-0.4, -0.2) is 35.1 Å². The third kappa shape index (κ3) is 4.50. The van der Waals surface area contributed by atoms with Gasteiger partial charge in [0.25, 0.3) is 6.43 Å². The van der Waals surface area contributed by atoms with Crippen LogP contribution in [-0.2, 0) is 0 Å². The van der Waals surface area contributed by atoms with Crippen molar-refractivity contribution >= 4 is 11.8 Å². The molecule has 1 N–H and O–H groups in total. The van der Waals surface area contributed by atoms with E-state index in [2.05, 4.69) is 10.5 Å². The first-order valence-electron chi connectivity index (χ1n) is 6.13. The molecule has 0 atom stereocenters. The van der Waals surface area contributed by atoms with Crippen LogP contribution in [0.3, 0.4) is 0 Å². The Hall–Kier alpha value is -1.66. The van der Waals surface area contributed by atoms with E-state index in [1.165, 1.54) is 0 Å². The van der Waals surface area contributed by atoms with E-state index in [1.807, 2.05) is 13.8 Å². The van der Waals surface area contributed by atoms with Crippen LogP contribution in [0.25, 0.3) is 0 Å². The maximum absolute atomic E-state index is 12.4. The Balaban J connectivity index is 2.70. The van der Waals surface area contributed by atoms with Gasteiger partial charge in [0.1, 0.15) is 5.76 Å². The highest BCUT2D eigenvalue weighted by molar-refractivity contribution is 5.88. The summed E-state index contributed by atoms with van der Waals surface area (Å²) in [4.78, 5) is 12.9. The van der Waals surface area contributed by atoms with Crippen molar-refractivity contribution in [1.82, 2.24) is 10.1 Å². The molecule has 0 aliphatic rings. The quantitative estimate of drug-likeness (QED) is 0.896. The van der Waals surface area contributed by atoms with Crippen LogP contribution < -0.4 is 5.32 Å². The van der Waals surface area contributed by atoms with Gasteiger partial charge in [-0.25, -0.2) is 13.6 Å². The summed E-state index contributed by atoms with van der Waals surface area (Å²) in [6, 6.07) is 0.646. The first-order valence-corrected chi connectivity index (χ1v) is 6.13. The summed E-state index contributed by atoms with van der Waals surface area (Å²) in [5, 5.41) is 6.13. The number of anilines is 1. The van der Waals surface area contributed by atoms with Crippen molar-refractivity contribution < 1.29 is 18.1 Å². The summed E-state index contributed by atoms with van der Waals surface area (Å²) in [5.74, 6) is 0.995. The van der Waals surface area contributed by atoms with Gasteiger partial charge in [-0.05, 0) is 13.8 Å². The second-order valence-electron chi connectivity index (χ2n) is 4.84. The van der Waals surface area contributed by atoms with Crippen LogP contribution in [0.2, 0.25) is 0 Å². The number of nitrogens with zero attached hydrogens (tertiary/aromatic N) is 2. The summed E-state index contributed by atoms with van der Waals surface area (Å²) >= 11 is 0. The predicted octanol–water partition coefficient (Wildman–Crippen LogP) is 3.31. The zero-order valence-electron chi connectivity index (χ0n) is 11.5. The molecule has 0 saturated carbocycles. The standard InChI is InChI=1S/C12H19F2N3O2/c1-7(2)9-5-11(16-19-9)15-12(18)17(8(3)4)6-10(13)14/h5,7-8,10H,6H2,1-4H3,(H,15,16,18). The third-order valence-electron chi connectivity index (χ3n) is 2.55. The Morgan fingerprint density at radius 3 is 2.47 bits per heavy atom. The fourth-order valence-corrected chi connectivity index (χ4v) is 1.48. The van der Waals surface area contributed by atoms with Crippen molar-refractivity contribution in [2.75, 3.05) is 11.9 Å². The predicted molar refractivity (Wildman–Crippen MR) is 67.5 cm³/mol. The van der Waals surface area contributed by atoms with Gasteiger partial charge in [-0.3, -0.25) is 5.32 Å². The molecular formula is C12H19F2N3O2. The first-order chi connectivity index (χ1) is 8.81. The maximum Gasteiger partial charge on any atom is 0.323 e. The van der Waals surface area contributed by atoms with Crippen LogP contribution in [0.5, 0.6) is 0 Å². The molecule has 0 aliphatic heterocycles. The minimum absolute atomic E-state index is 0.139. The molecule has 0 aliphatic carbocycles. The van der Waals surface area contributed by atoms with E-state index in [0.29, 0.717) is 5.76 Å². The molecule has 0 aromatic carbocycles. The largest absolute Gasteiger partial charge is 0.359 e. The van der Waals surface area contributed by atoms with E-state index in [9.17, 15) is 13.6 Å². The van der Waals surface area contributed by atoms with E-state index >= 15 is 0 Å². The number of hydrogen-bond acceptors (Lipinski definition) is 3. The number of carbonyl (C=O) groups excluding carboxylic acids is 1. The minimum atomic E-state index is -2.57. The molecule has 19 heavy (non-hydrogen) atoms. The van der Waals surface area contributed by atoms with Crippen LogP contribution in [0.4, 0.5) is 19.4 Å². The number of halogens is 2. The average molecular weight is 275 g/mol. The van der Waals surface area contributed by atoms with Gasteiger partial charge in [0.2, 0.25) is 0 Å². The summed E-state index contributed by atoms with van der Waals surface area (Å²) in [5.41, 5.74) is 0. The number of alkyl halides is 2. The van der Waals surface area contributed by atoms with Crippen LogP contribution in [0.15, 0.2) is 10.6 Å². The minimum Gasteiger partial charge on any atom is -0.359 e. The zero-order chi connectivity index (χ0) is 14.6. The molecule has 1 rings (SSSR count). The lowest BCUT2D eigenvalue weighted by Crippen LogP contribution is -2.42. The fourth-order valence-electron chi connectivity index (χ4n) is 1.48. The highest BCUT2D eigenvalue weighted by Crippen LogP contribution is 2.18. The van der Waals surface area contributed by atoms with Crippen LogP contribution in [0, 0.1) is 0 Å². The van der Waals surface area contributed by atoms with Crippen LogP contribution >= 0.6 is 0 Å². The Bertz CT molecular complexity index is 419. The fraction of sp³-hybridized carbons (Fsp3) is 0.667. The van der Waals surface area contributed by atoms with Crippen molar-refractivity contribution in [2.45, 2.75) is 46.1 Å². The number of urea groups is 1. The monoisotopic (exact) mass is 275 g/mol. The molecule has 0 unspecified atom stereocenters. The molecule has 0 fully saturated rings. The van der Waals surface area contributed by atoms with Gasteiger partial charge in [-0.1, -0.05) is 19.0 Å². The SMILES string of the molecule is CC(C)c1cc(NC(=O)N(CC(F)F)C(C)C)no1. The number of carbonyl (C=O) groups is 1. The molecule has 2 amide bonds. The molecule has 108 valence electrons. The first kappa shape index (κ1) is 15.4. The lowest BCUT2D eigenvalue weighted by atomic mass is 10.2. The number of nitrogens with one attached hydrogen (secondary N) is 1. The Kier molecular flexibility index (Phi) is 5.26. The molecule has 5 nitrogen and oxygen atoms in total. The normalized spacial score (nSPS) is 11.4. The molecule has 1 heterocycles. The highest BCUT2D eigenvalue weighted by atomic mass is 19.3. The Morgan fingerprint density at radius 2 is 2.05 bits per heavy atom. The van der Waals surface area contributed by atoms with E-state index in [4.69, 9.17) is 4.52 Å². The second-order valence-corrected chi connectivity index (χ2v) is 4.84. The number of aromatic nitrogens is 1. The van der Waals surface area contributed by atoms with Gasteiger partial charge >= 0.3 is 6.03 Å². The molecule has 7 heteroatoms. The van der Waals surface area contributed by atoms with E-state index in [-0.39, 0.29) is 17.8 Å². The topological polar surface area (TPSA) is 58.4 Å². The van der Waals surface area contributed by atoms with Crippen molar-refractivity contribution in [3.63, 3.8) is 0 Å². The lowest BCUT2D eigenvalue weighted by Gasteiger charge is -2.25. The van der Waals surface area contributed by atoms with Crippen molar-refractivity contribution in [2.24, 2.45) is 0 Å². The molecule has 0 saturated heterocycles. The maximum atomic E-state index is 12.4. The van der Waals surface area contributed by atoms with Gasteiger partial charge in [-0.2, -0.15) is 0 Å². The van der Waals surface area contributed by atoms with Gasteiger partial charge in [0, 0.05) is 18.0 Å². The van der Waals surface area contributed by atoms with Gasteiger partial charge in [-0.15, -0.1) is 0 Å². The molecular weight excluding hydrogens is 256 g/mol. The van der Waals surface area contributed by atoms with E-state index in [0.717, 1.165) is 4.90 Å². The number of rotatable bonds is 5. The van der Waals surface area contributed by atoms with Gasteiger partial charge < -0.3 is 9.42 Å². The average Bonchev–Trinajstić information content (AvgIpc) is 2.73. The van der Waals surface area contributed by atoms with Crippen LogP contribution in [0.1, 0.15) is 39.4 Å². The summed E-state index contributed by atoms with van der Waals surface area (Å²) < 4.78 is 29.8. The summed E-state index contributed by atoms with van der Waals surface area (Å²) in [7, 11) is 0. The summed E-state index contributed by atoms with van der Waals surface area (Å²) in [6.45, 7) is 6.57. The lowest BCUT2D eigenvalue weighted by molar-refractivity contribution is 0.0912. The van der Waals surface area contributed by atoms with Crippen molar-refractivity contribution in [3.05, 3.63) is 11.8 Å². The van der Waals surface area contributed by atoms with E-state index < -0.39 is 19.0 Å². The highest BCUT2D eigenvalue weighted by Gasteiger charge is 2.22. The Morgan fingerprint density at radius 1 is 1.42 bits per heavy atom.